The van der Waals surface area contributed by atoms with Crippen molar-refractivity contribution in [2.24, 2.45) is 0 Å². The molecule has 0 aliphatic carbocycles. The molecule has 1 saturated heterocycles. The Labute approximate surface area is 158 Å². The van der Waals surface area contributed by atoms with Crippen molar-refractivity contribution in [1.82, 2.24) is 10.1 Å². The van der Waals surface area contributed by atoms with Gasteiger partial charge in [-0.2, -0.15) is 0 Å². The molecule has 0 atom stereocenters. The van der Waals surface area contributed by atoms with Crippen LogP contribution < -0.4 is 4.90 Å². The molecule has 146 valence electrons. The molecule has 0 amide bonds. The van der Waals surface area contributed by atoms with E-state index in [0.29, 0.717) is 6.61 Å². The van der Waals surface area contributed by atoms with Crippen molar-refractivity contribution in [1.29, 1.82) is 0 Å². The molecule has 0 radical (unpaired) electrons. The summed E-state index contributed by atoms with van der Waals surface area (Å²) in [5.74, 6) is 0. The van der Waals surface area contributed by atoms with E-state index >= 15 is 0 Å². The molecule has 1 aromatic heterocycles. The van der Waals surface area contributed by atoms with Crippen molar-refractivity contribution in [3.05, 3.63) is 48.4 Å². The van der Waals surface area contributed by atoms with Gasteiger partial charge in [-0.15, -0.1) is 0 Å². The van der Waals surface area contributed by atoms with E-state index in [-0.39, 0.29) is 0 Å². The van der Waals surface area contributed by atoms with Crippen LogP contribution in [0.1, 0.15) is 33.4 Å². The highest BCUT2D eigenvalue weighted by Crippen LogP contribution is 2.15. The van der Waals surface area contributed by atoms with Gasteiger partial charge in [0, 0.05) is 50.9 Å². The van der Waals surface area contributed by atoms with Crippen LogP contribution in [-0.4, -0.2) is 56.0 Å². The van der Waals surface area contributed by atoms with Gasteiger partial charge in [0.1, 0.15) is 6.26 Å². The van der Waals surface area contributed by atoms with Gasteiger partial charge in [-0.25, -0.2) is 0 Å². The molecule has 3 rings (SSSR count). The summed E-state index contributed by atoms with van der Waals surface area (Å²) in [6.45, 7) is 14.9. The fourth-order valence-electron chi connectivity index (χ4n) is 2.71. The average molecular weight is 362 g/mol. The molecule has 5 heteroatoms. The second kappa shape index (κ2) is 14.3. The molecule has 1 fully saturated rings. The Bertz CT molecular complexity index is 523. The van der Waals surface area contributed by atoms with Gasteiger partial charge in [0.2, 0.25) is 0 Å². The highest BCUT2D eigenvalue weighted by Gasteiger charge is 2.16. The van der Waals surface area contributed by atoms with Gasteiger partial charge in [0.05, 0.1) is 18.9 Å². The van der Waals surface area contributed by atoms with Gasteiger partial charge < -0.3 is 14.2 Å². The summed E-state index contributed by atoms with van der Waals surface area (Å²) in [4.78, 5) is 4.91. The lowest BCUT2D eigenvalue weighted by Gasteiger charge is -2.36. The Morgan fingerprint density at radius 3 is 2.23 bits per heavy atom. The molecule has 1 aliphatic heterocycles. The number of benzene rings is 1. The largest absolute Gasteiger partial charge is 0.380 e. The second-order valence-corrected chi connectivity index (χ2v) is 5.52. The third-order valence-electron chi connectivity index (χ3n) is 4.04. The van der Waals surface area contributed by atoms with Crippen LogP contribution in [0.5, 0.6) is 0 Å². The normalized spacial score (nSPS) is 14.1. The number of hydrogen-bond donors (Lipinski definition) is 0. The summed E-state index contributed by atoms with van der Waals surface area (Å²) in [7, 11) is 0. The standard InChI is InChI=1S/C17H23N3O2.2C2H6/c1-2-4-17(5-3-1)20-10-8-19(9-11-20)12-15-21-13-6-16-7-14-22-18-16;2*1-2/h1-5,7,14H,6,8-13,15H2;2*1-2H3. The summed E-state index contributed by atoms with van der Waals surface area (Å²) >= 11 is 0. The smallest absolute Gasteiger partial charge is 0.124 e. The van der Waals surface area contributed by atoms with Crippen molar-refractivity contribution < 1.29 is 9.26 Å². The third kappa shape index (κ3) is 8.02. The number of anilines is 1. The topological polar surface area (TPSA) is 41.7 Å². The molecule has 0 N–H and O–H groups in total. The Balaban J connectivity index is 0.000000791. The second-order valence-electron chi connectivity index (χ2n) is 5.52. The maximum Gasteiger partial charge on any atom is 0.124 e. The molecule has 2 heterocycles. The van der Waals surface area contributed by atoms with Crippen molar-refractivity contribution in [2.75, 3.05) is 50.8 Å². The number of nitrogens with zero attached hydrogens (tertiary/aromatic N) is 3. The van der Waals surface area contributed by atoms with Crippen LogP contribution in [0.4, 0.5) is 5.69 Å². The van der Waals surface area contributed by atoms with Crippen LogP contribution in [0, 0.1) is 0 Å². The maximum atomic E-state index is 5.68. The number of ether oxygens (including phenoxy) is 1. The van der Waals surface area contributed by atoms with Crippen molar-refractivity contribution >= 4 is 5.69 Å². The minimum Gasteiger partial charge on any atom is -0.380 e. The Morgan fingerprint density at radius 1 is 0.923 bits per heavy atom. The number of piperazine rings is 1. The minimum absolute atomic E-state index is 0.705. The fraction of sp³-hybridized carbons (Fsp3) is 0.571. The molecule has 2 aromatic rings. The number of aromatic nitrogens is 1. The molecular formula is C21H35N3O2. The molecule has 1 aliphatic rings. The van der Waals surface area contributed by atoms with Gasteiger partial charge in [-0.1, -0.05) is 51.1 Å². The van der Waals surface area contributed by atoms with E-state index in [2.05, 4.69) is 45.3 Å². The predicted octanol–water partition coefficient (Wildman–Crippen LogP) is 4.11. The number of rotatable bonds is 7. The summed E-state index contributed by atoms with van der Waals surface area (Å²) in [6.07, 6.45) is 2.42. The Kier molecular flexibility index (Phi) is 12.2. The third-order valence-corrected chi connectivity index (χ3v) is 4.04. The van der Waals surface area contributed by atoms with E-state index in [1.807, 2.05) is 33.8 Å². The molecule has 0 bridgehead atoms. The van der Waals surface area contributed by atoms with Crippen LogP contribution in [0.3, 0.4) is 0 Å². The van der Waals surface area contributed by atoms with Crippen LogP contribution in [0.15, 0.2) is 47.2 Å². The first-order valence-electron chi connectivity index (χ1n) is 9.91. The first-order valence-corrected chi connectivity index (χ1v) is 9.91. The molecule has 0 spiro atoms. The first-order chi connectivity index (χ1) is 12.9. The molecule has 1 aromatic carbocycles. The predicted molar refractivity (Wildman–Crippen MR) is 109 cm³/mol. The van der Waals surface area contributed by atoms with Gasteiger partial charge >= 0.3 is 0 Å². The summed E-state index contributed by atoms with van der Waals surface area (Å²) in [6, 6.07) is 12.5. The molecule has 26 heavy (non-hydrogen) atoms. The Hall–Kier alpha value is -1.85. The van der Waals surface area contributed by atoms with E-state index in [0.717, 1.165) is 51.4 Å². The van der Waals surface area contributed by atoms with Crippen molar-refractivity contribution in [2.45, 2.75) is 34.1 Å². The molecule has 0 unspecified atom stereocenters. The lowest BCUT2D eigenvalue weighted by Crippen LogP contribution is -2.47. The van der Waals surface area contributed by atoms with Crippen LogP contribution >= 0.6 is 0 Å². The summed E-state index contributed by atoms with van der Waals surface area (Å²) in [5, 5.41) is 3.87. The quantitative estimate of drug-likeness (QED) is 0.694. The number of para-hydroxylation sites is 1. The van der Waals surface area contributed by atoms with Gasteiger partial charge in [-0.05, 0) is 12.1 Å². The molecule has 0 saturated carbocycles. The summed E-state index contributed by atoms with van der Waals surface area (Å²) < 4.78 is 10.5. The monoisotopic (exact) mass is 361 g/mol. The zero-order valence-corrected chi connectivity index (χ0v) is 16.9. The first kappa shape index (κ1) is 22.2. The highest BCUT2D eigenvalue weighted by molar-refractivity contribution is 5.46. The zero-order chi connectivity index (χ0) is 19.0. The lowest BCUT2D eigenvalue weighted by atomic mass is 10.2. The van der Waals surface area contributed by atoms with Gasteiger partial charge in [0.25, 0.3) is 0 Å². The number of hydrogen-bond acceptors (Lipinski definition) is 5. The highest BCUT2D eigenvalue weighted by atomic mass is 16.5. The van der Waals surface area contributed by atoms with E-state index < -0.39 is 0 Å². The Morgan fingerprint density at radius 2 is 1.62 bits per heavy atom. The maximum absolute atomic E-state index is 5.68. The minimum atomic E-state index is 0.705. The van der Waals surface area contributed by atoms with Gasteiger partial charge in [-0.3, -0.25) is 4.90 Å². The van der Waals surface area contributed by atoms with E-state index in [1.54, 1.807) is 6.26 Å². The zero-order valence-electron chi connectivity index (χ0n) is 16.9. The van der Waals surface area contributed by atoms with Crippen LogP contribution in [-0.2, 0) is 11.2 Å². The SMILES string of the molecule is CC.CC.c1ccc(N2CCN(CCOCCc3ccon3)CC2)cc1. The van der Waals surface area contributed by atoms with Crippen molar-refractivity contribution in [3.63, 3.8) is 0 Å². The average Bonchev–Trinajstić information content (AvgIpc) is 3.25. The molecular weight excluding hydrogens is 326 g/mol. The van der Waals surface area contributed by atoms with Gasteiger partial charge in [0.15, 0.2) is 0 Å². The van der Waals surface area contributed by atoms with Crippen LogP contribution in [0.2, 0.25) is 0 Å². The van der Waals surface area contributed by atoms with Crippen molar-refractivity contribution in [3.8, 4) is 0 Å². The molecule has 5 nitrogen and oxygen atoms in total. The van der Waals surface area contributed by atoms with E-state index in [4.69, 9.17) is 9.26 Å². The summed E-state index contributed by atoms with van der Waals surface area (Å²) in [5.41, 5.74) is 2.28. The van der Waals surface area contributed by atoms with Crippen LogP contribution in [0.25, 0.3) is 0 Å². The lowest BCUT2D eigenvalue weighted by molar-refractivity contribution is 0.103. The fourth-order valence-corrected chi connectivity index (χ4v) is 2.71. The van der Waals surface area contributed by atoms with E-state index in [9.17, 15) is 0 Å². The van der Waals surface area contributed by atoms with E-state index in [1.165, 1.54) is 5.69 Å².